The zero-order chi connectivity index (χ0) is 13.2. The first-order valence-corrected chi connectivity index (χ1v) is 6.81. The van der Waals surface area contributed by atoms with Crippen LogP contribution in [0, 0.1) is 0 Å². The molecule has 1 N–H and O–H groups in total. The van der Waals surface area contributed by atoms with E-state index in [4.69, 9.17) is 9.47 Å². The van der Waals surface area contributed by atoms with E-state index >= 15 is 0 Å². The van der Waals surface area contributed by atoms with Crippen molar-refractivity contribution >= 4 is 0 Å². The van der Waals surface area contributed by atoms with E-state index in [1.807, 2.05) is 18.2 Å². The van der Waals surface area contributed by atoms with Gasteiger partial charge in [-0.15, -0.1) is 0 Å². The molecule has 0 atom stereocenters. The summed E-state index contributed by atoms with van der Waals surface area (Å²) in [5.41, 5.74) is 0.815. The molecule has 102 valence electrons. The van der Waals surface area contributed by atoms with Crippen LogP contribution in [0.5, 0.6) is 11.5 Å². The molecular weight excluding hydrogens is 228 g/mol. The number of rotatable bonds is 9. The van der Waals surface area contributed by atoms with Crippen molar-refractivity contribution in [2.45, 2.75) is 46.1 Å². The highest BCUT2D eigenvalue weighted by Gasteiger charge is 2.05. The van der Waals surface area contributed by atoms with Crippen molar-refractivity contribution < 1.29 is 14.6 Å². The molecule has 0 saturated carbocycles. The van der Waals surface area contributed by atoms with Gasteiger partial charge in [0.25, 0.3) is 0 Å². The Morgan fingerprint density at radius 1 is 1.00 bits per heavy atom. The lowest BCUT2D eigenvalue weighted by molar-refractivity contribution is 0.258. The monoisotopic (exact) mass is 252 g/mol. The summed E-state index contributed by atoms with van der Waals surface area (Å²) in [6, 6.07) is 5.60. The number of aliphatic hydroxyl groups is 1. The van der Waals surface area contributed by atoms with Crippen LogP contribution < -0.4 is 9.47 Å². The van der Waals surface area contributed by atoms with Crippen molar-refractivity contribution in [2.75, 3.05) is 13.2 Å². The predicted molar refractivity (Wildman–Crippen MR) is 73.2 cm³/mol. The number of hydrogen-bond acceptors (Lipinski definition) is 3. The van der Waals surface area contributed by atoms with Crippen LogP contribution in [0.2, 0.25) is 0 Å². The van der Waals surface area contributed by atoms with Gasteiger partial charge in [-0.1, -0.05) is 26.7 Å². The molecular formula is C15H24O3. The van der Waals surface area contributed by atoms with Crippen molar-refractivity contribution in [1.82, 2.24) is 0 Å². The summed E-state index contributed by atoms with van der Waals surface area (Å²) in [5, 5.41) is 9.27. The number of hydrogen-bond donors (Lipinski definition) is 1. The molecule has 0 amide bonds. The molecule has 3 nitrogen and oxygen atoms in total. The number of ether oxygens (including phenoxy) is 2. The summed E-state index contributed by atoms with van der Waals surface area (Å²) >= 11 is 0. The second kappa shape index (κ2) is 8.81. The third-order valence-electron chi connectivity index (χ3n) is 2.69. The highest BCUT2D eigenvalue weighted by atomic mass is 16.5. The normalized spacial score (nSPS) is 10.4. The zero-order valence-corrected chi connectivity index (χ0v) is 11.4. The summed E-state index contributed by atoms with van der Waals surface area (Å²) in [5.74, 6) is 1.54. The van der Waals surface area contributed by atoms with Crippen LogP contribution in [0.4, 0.5) is 0 Å². The van der Waals surface area contributed by atoms with Gasteiger partial charge in [0.15, 0.2) is 0 Å². The summed E-state index contributed by atoms with van der Waals surface area (Å²) in [6.45, 7) is 5.63. The zero-order valence-electron chi connectivity index (χ0n) is 11.4. The van der Waals surface area contributed by atoms with Gasteiger partial charge in [-0.3, -0.25) is 0 Å². The molecule has 1 aromatic rings. The summed E-state index contributed by atoms with van der Waals surface area (Å²) in [4.78, 5) is 0. The first kappa shape index (κ1) is 14.8. The van der Waals surface area contributed by atoms with Crippen LogP contribution in [-0.2, 0) is 6.61 Å². The molecule has 0 unspecified atom stereocenters. The van der Waals surface area contributed by atoms with E-state index in [-0.39, 0.29) is 6.61 Å². The van der Waals surface area contributed by atoms with Gasteiger partial charge < -0.3 is 14.6 Å². The van der Waals surface area contributed by atoms with Crippen LogP contribution in [0.15, 0.2) is 18.2 Å². The fraction of sp³-hybridized carbons (Fsp3) is 0.600. The molecule has 0 fully saturated rings. The van der Waals surface area contributed by atoms with Gasteiger partial charge in [-0.25, -0.2) is 0 Å². The molecule has 0 aliphatic rings. The van der Waals surface area contributed by atoms with Gasteiger partial charge in [0, 0.05) is 11.6 Å². The van der Waals surface area contributed by atoms with Gasteiger partial charge >= 0.3 is 0 Å². The second-order valence-electron chi connectivity index (χ2n) is 4.33. The SMILES string of the molecule is CCCCCOc1cc(OCCC)ccc1CO. The largest absolute Gasteiger partial charge is 0.493 e. The third kappa shape index (κ3) is 4.96. The minimum Gasteiger partial charge on any atom is -0.493 e. The minimum absolute atomic E-state index is 0.00281. The summed E-state index contributed by atoms with van der Waals surface area (Å²) in [6.07, 6.45) is 4.37. The first-order valence-electron chi connectivity index (χ1n) is 6.81. The number of aliphatic hydroxyl groups excluding tert-OH is 1. The maximum atomic E-state index is 9.27. The van der Waals surface area contributed by atoms with Gasteiger partial charge in [-0.2, -0.15) is 0 Å². The van der Waals surface area contributed by atoms with Crippen molar-refractivity contribution in [2.24, 2.45) is 0 Å². The summed E-state index contributed by atoms with van der Waals surface area (Å²) < 4.78 is 11.3. The predicted octanol–water partition coefficient (Wildman–Crippen LogP) is 3.54. The average Bonchev–Trinajstić information content (AvgIpc) is 2.41. The molecule has 0 aromatic heterocycles. The Labute approximate surface area is 110 Å². The standard InChI is InChI=1S/C15H24O3/c1-3-5-6-10-18-15-11-14(17-9-4-2)8-7-13(15)12-16/h7-8,11,16H,3-6,9-10,12H2,1-2H3. The van der Waals surface area contributed by atoms with Crippen LogP contribution in [-0.4, -0.2) is 18.3 Å². The van der Waals surface area contributed by atoms with Crippen molar-refractivity contribution in [3.05, 3.63) is 23.8 Å². The maximum absolute atomic E-state index is 9.27. The minimum atomic E-state index is -0.00281. The van der Waals surface area contributed by atoms with E-state index in [0.717, 1.165) is 29.9 Å². The molecule has 0 bridgehead atoms. The van der Waals surface area contributed by atoms with Crippen LogP contribution in [0.1, 0.15) is 45.1 Å². The highest BCUT2D eigenvalue weighted by molar-refractivity contribution is 5.40. The smallest absolute Gasteiger partial charge is 0.128 e. The van der Waals surface area contributed by atoms with Crippen molar-refractivity contribution in [3.63, 3.8) is 0 Å². The van der Waals surface area contributed by atoms with Crippen molar-refractivity contribution in [1.29, 1.82) is 0 Å². The topological polar surface area (TPSA) is 38.7 Å². The quantitative estimate of drug-likeness (QED) is 0.683. The fourth-order valence-corrected chi connectivity index (χ4v) is 1.64. The summed E-state index contributed by atoms with van der Waals surface area (Å²) in [7, 11) is 0. The Balaban J connectivity index is 2.60. The Bertz CT molecular complexity index is 337. The van der Waals surface area contributed by atoms with E-state index in [1.54, 1.807) is 0 Å². The molecule has 0 spiro atoms. The fourth-order valence-electron chi connectivity index (χ4n) is 1.64. The second-order valence-corrected chi connectivity index (χ2v) is 4.33. The lowest BCUT2D eigenvalue weighted by Gasteiger charge is -2.12. The molecule has 0 aliphatic heterocycles. The average molecular weight is 252 g/mol. The highest BCUT2D eigenvalue weighted by Crippen LogP contribution is 2.25. The van der Waals surface area contributed by atoms with Gasteiger partial charge in [0.05, 0.1) is 19.8 Å². The van der Waals surface area contributed by atoms with Crippen LogP contribution >= 0.6 is 0 Å². The molecule has 0 aliphatic carbocycles. The molecule has 1 rings (SSSR count). The number of benzene rings is 1. The molecule has 1 aromatic carbocycles. The van der Waals surface area contributed by atoms with E-state index in [0.29, 0.717) is 13.2 Å². The van der Waals surface area contributed by atoms with Crippen LogP contribution in [0.25, 0.3) is 0 Å². The van der Waals surface area contributed by atoms with E-state index < -0.39 is 0 Å². The Morgan fingerprint density at radius 3 is 2.50 bits per heavy atom. The maximum Gasteiger partial charge on any atom is 0.128 e. The third-order valence-corrected chi connectivity index (χ3v) is 2.69. The molecule has 18 heavy (non-hydrogen) atoms. The van der Waals surface area contributed by atoms with E-state index in [2.05, 4.69) is 13.8 Å². The molecule has 0 heterocycles. The lowest BCUT2D eigenvalue weighted by atomic mass is 10.2. The van der Waals surface area contributed by atoms with Gasteiger partial charge in [0.2, 0.25) is 0 Å². The number of unbranched alkanes of at least 4 members (excludes halogenated alkanes) is 2. The first-order chi connectivity index (χ1) is 8.81. The Kier molecular flexibility index (Phi) is 7.26. The lowest BCUT2D eigenvalue weighted by Crippen LogP contribution is -2.02. The van der Waals surface area contributed by atoms with Crippen molar-refractivity contribution in [3.8, 4) is 11.5 Å². The van der Waals surface area contributed by atoms with E-state index in [9.17, 15) is 5.11 Å². The molecule has 3 heteroatoms. The Morgan fingerprint density at radius 2 is 1.83 bits per heavy atom. The van der Waals surface area contributed by atoms with Crippen LogP contribution in [0.3, 0.4) is 0 Å². The van der Waals surface area contributed by atoms with E-state index in [1.165, 1.54) is 12.8 Å². The Hall–Kier alpha value is -1.22. The van der Waals surface area contributed by atoms with Gasteiger partial charge in [-0.05, 0) is 25.0 Å². The molecule has 0 radical (unpaired) electrons. The molecule has 0 saturated heterocycles. The van der Waals surface area contributed by atoms with Gasteiger partial charge in [0.1, 0.15) is 11.5 Å².